The van der Waals surface area contributed by atoms with Crippen LogP contribution >= 0.6 is 11.8 Å². The SMILES string of the molecule is COCc1nc(NN)cc(NCC2CCSC2)n1. The zero-order valence-corrected chi connectivity index (χ0v) is 11.3. The topological polar surface area (TPSA) is 85.1 Å². The molecule has 1 aromatic rings. The molecule has 2 heterocycles. The predicted octanol–water partition coefficient (Wildman–Crippen LogP) is 1.07. The summed E-state index contributed by atoms with van der Waals surface area (Å²) in [5.74, 6) is 10.6. The monoisotopic (exact) mass is 269 g/mol. The van der Waals surface area contributed by atoms with E-state index in [0.717, 1.165) is 18.3 Å². The van der Waals surface area contributed by atoms with Gasteiger partial charge in [-0.25, -0.2) is 15.8 Å². The average molecular weight is 269 g/mol. The highest BCUT2D eigenvalue weighted by molar-refractivity contribution is 7.99. The van der Waals surface area contributed by atoms with Crippen molar-refractivity contribution in [3.8, 4) is 0 Å². The fourth-order valence-corrected chi connectivity index (χ4v) is 3.13. The van der Waals surface area contributed by atoms with Crippen LogP contribution in [0.5, 0.6) is 0 Å². The van der Waals surface area contributed by atoms with Gasteiger partial charge in [0.1, 0.15) is 18.2 Å². The Bertz CT molecular complexity index is 384. The summed E-state index contributed by atoms with van der Waals surface area (Å²) in [7, 11) is 1.62. The van der Waals surface area contributed by atoms with Crippen LogP contribution in [0.15, 0.2) is 6.07 Å². The number of nitrogens with one attached hydrogen (secondary N) is 2. The molecule has 7 heteroatoms. The fourth-order valence-electron chi connectivity index (χ4n) is 1.85. The maximum absolute atomic E-state index is 5.39. The van der Waals surface area contributed by atoms with Crippen LogP contribution in [0.25, 0.3) is 0 Å². The average Bonchev–Trinajstić information content (AvgIpc) is 2.89. The maximum Gasteiger partial charge on any atom is 0.158 e. The van der Waals surface area contributed by atoms with Crippen molar-refractivity contribution in [3.05, 3.63) is 11.9 Å². The normalized spacial score (nSPS) is 18.9. The lowest BCUT2D eigenvalue weighted by Crippen LogP contribution is -2.16. The van der Waals surface area contributed by atoms with Gasteiger partial charge in [0.25, 0.3) is 0 Å². The summed E-state index contributed by atoms with van der Waals surface area (Å²) < 4.78 is 5.04. The number of anilines is 2. The van der Waals surface area contributed by atoms with E-state index >= 15 is 0 Å². The molecular weight excluding hydrogens is 250 g/mol. The number of hydrogen-bond acceptors (Lipinski definition) is 7. The molecule has 18 heavy (non-hydrogen) atoms. The number of ether oxygens (including phenoxy) is 1. The molecule has 1 unspecified atom stereocenters. The van der Waals surface area contributed by atoms with Crippen LogP contribution in [0.4, 0.5) is 11.6 Å². The van der Waals surface area contributed by atoms with E-state index in [-0.39, 0.29) is 0 Å². The predicted molar refractivity (Wildman–Crippen MR) is 74.5 cm³/mol. The number of aromatic nitrogens is 2. The van der Waals surface area contributed by atoms with Gasteiger partial charge in [0.15, 0.2) is 5.82 Å². The molecule has 4 N–H and O–H groups in total. The van der Waals surface area contributed by atoms with Crippen molar-refractivity contribution in [2.45, 2.75) is 13.0 Å². The summed E-state index contributed by atoms with van der Waals surface area (Å²) in [5.41, 5.74) is 2.54. The number of rotatable bonds is 6. The molecule has 0 spiro atoms. The summed E-state index contributed by atoms with van der Waals surface area (Å²) >= 11 is 2.01. The molecule has 1 atom stereocenters. The lowest BCUT2D eigenvalue weighted by molar-refractivity contribution is 0.178. The van der Waals surface area contributed by atoms with Crippen molar-refractivity contribution in [3.63, 3.8) is 0 Å². The Balaban J connectivity index is 1.98. The van der Waals surface area contributed by atoms with Crippen molar-refractivity contribution in [1.82, 2.24) is 9.97 Å². The number of thioether (sulfide) groups is 1. The van der Waals surface area contributed by atoms with E-state index in [2.05, 4.69) is 20.7 Å². The number of nitrogens with two attached hydrogens (primary N) is 1. The van der Waals surface area contributed by atoms with E-state index in [9.17, 15) is 0 Å². The molecule has 1 aliphatic heterocycles. The minimum absolute atomic E-state index is 0.378. The maximum atomic E-state index is 5.39. The highest BCUT2D eigenvalue weighted by Gasteiger charge is 2.15. The number of hydrogen-bond donors (Lipinski definition) is 3. The molecule has 1 fully saturated rings. The van der Waals surface area contributed by atoms with Gasteiger partial charge < -0.3 is 15.5 Å². The minimum Gasteiger partial charge on any atom is -0.377 e. The van der Waals surface area contributed by atoms with Crippen LogP contribution in [0.1, 0.15) is 12.2 Å². The van der Waals surface area contributed by atoms with Crippen molar-refractivity contribution in [2.75, 3.05) is 35.9 Å². The van der Waals surface area contributed by atoms with Crippen LogP contribution in [0.3, 0.4) is 0 Å². The van der Waals surface area contributed by atoms with Crippen LogP contribution in [0.2, 0.25) is 0 Å². The number of nitrogens with zero attached hydrogens (tertiary/aromatic N) is 2. The molecule has 0 bridgehead atoms. The van der Waals surface area contributed by atoms with Crippen LogP contribution < -0.4 is 16.6 Å². The Morgan fingerprint density at radius 1 is 1.50 bits per heavy atom. The van der Waals surface area contributed by atoms with Gasteiger partial charge in [0.2, 0.25) is 0 Å². The van der Waals surface area contributed by atoms with E-state index in [4.69, 9.17) is 10.6 Å². The van der Waals surface area contributed by atoms with E-state index in [1.807, 2.05) is 11.8 Å². The third kappa shape index (κ3) is 3.72. The van der Waals surface area contributed by atoms with Gasteiger partial charge in [-0.15, -0.1) is 0 Å². The van der Waals surface area contributed by atoms with E-state index in [0.29, 0.717) is 18.2 Å². The second-order valence-electron chi connectivity index (χ2n) is 4.24. The standard InChI is InChI=1S/C11H19N5OS/c1-17-6-11-14-9(4-10(15-11)16-12)13-5-8-2-3-18-7-8/h4,8H,2-3,5-7,12H2,1H3,(H2,13,14,15,16). The molecule has 0 saturated carbocycles. The first kappa shape index (κ1) is 13.4. The molecule has 6 nitrogen and oxygen atoms in total. The molecule has 0 aromatic carbocycles. The van der Waals surface area contributed by atoms with Gasteiger partial charge >= 0.3 is 0 Å². The lowest BCUT2D eigenvalue weighted by Gasteiger charge is -2.12. The number of methoxy groups -OCH3 is 1. The van der Waals surface area contributed by atoms with Crippen molar-refractivity contribution >= 4 is 23.4 Å². The molecule has 0 radical (unpaired) electrons. The van der Waals surface area contributed by atoms with Gasteiger partial charge in [0.05, 0.1) is 0 Å². The first-order valence-electron chi connectivity index (χ1n) is 5.97. The molecule has 100 valence electrons. The minimum atomic E-state index is 0.378. The smallest absolute Gasteiger partial charge is 0.158 e. The van der Waals surface area contributed by atoms with Gasteiger partial charge in [0, 0.05) is 19.7 Å². The highest BCUT2D eigenvalue weighted by Crippen LogP contribution is 2.23. The van der Waals surface area contributed by atoms with Gasteiger partial charge in [-0.3, -0.25) is 0 Å². The van der Waals surface area contributed by atoms with Crippen molar-refractivity contribution in [2.24, 2.45) is 11.8 Å². The van der Waals surface area contributed by atoms with Gasteiger partial charge in [-0.1, -0.05) is 0 Å². The summed E-state index contributed by atoms with van der Waals surface area (Å²) in [5, 5.41) is 3.34. The van der Waals surface area contributed by atoms with Gasteiger partial charge in [-0.2, -0.15) is 11.8 Å². The Kier molecular flexibility index (Phi) is 5.03. The molecule has 1 aliphatic rings. The zero-order chi connectivity index (χ0) is 12.8. The Labute approximate surface area is 111 Å². The molecule has 0 amide bonds. The van der Waals surface area contributed by atoms with Crippen molar-refractivity contribution < 1.29 is 4.74 Å². The molecule has 1 saturated heterocycles. The highest BCUT2D eigenvalue weighted by atomic mass is 32.2. The summed E-state index contributed by atoms with van der Waals surface area (Å²) in [6.45, 7) is 1.32. The number of nitrogen functional groups attached to an aromatic ring is 1. The second-order valence-corrected chi connectivity index (χ2v) is 5.39. The van der Waals surface area contributed by atoms with Gasteiger partial charge in [-0.05, 0) is 23.8 Å². The Morgan fingerprint density at radius 3 is 3.00 bits per heavy atom. The third-order valence-corrected chi connectivity index (χ3v) is 4.02. The lowest BCUT2D eigenvalue weighted by atomic mass is 10.1. The molecular formula is C11H19N5OS. The quantitative estimate of drug-likeness (QED) is 0.526. The summed E-state index contributed by atoms with van der Waals surface area (Å²) in [4.78, 5) is 8.59. The second kappa shape index (κ2) is 6.77. The largest absolute Gasteiger partial charge is 0.377 e. The van der Waals surface area contributed by atoms with E-state index in [1.54, 1.807) is 13.2 Å². The molecule has 2 rings (SSSR count). The Morgan fingerprint density at radius 2 is 2.33 bits per heavy atom. The molecule has 0 aliphatic carbocycles. The third-order valence-electron chi connectivity index (χ3n) is 2.79. The van der Waals surface area contributed by atoms with E-state index in [1.165, 1.54) is 17.9 Å². The summed E-state index contributed by atoms with van der Waals surface area (Å²) in [6.07, 6.45) is 1.27. The van der Waals surface area contributed by atoms with Crippen LogP contribution in [0, 0.1) is 5.92 Å². The van der Waals surface area contributed by atoms with Crippen molar-refractivity contribution in [1.29, 1.82) is 0 Å². The van der Waals surface area contributed by atoms with Crippen LogP contribution in [-0.2, 0) is 11.3 Å². The first-order valence-corrected chi connectivity index (χ1v) is 7.12. The summed E-state index contributed by atoms with van der Waals surface area (Å²) in [6, 6.07) is 1.81. The Hall–Kier alpha value is -1.05. The molecule has 1 aromatic heterocycles. The number of hydrazine groups is 1. The fraction of sp³-hybridized carbons (Fsp3) is 0.636. The van der Waals surface area contributed by atoms with E-state index < -0.39 is 0 Å². The zero-order valence-electron chi connectivity index (χ0n) is 10.5. The first-order chi connectivity index (χ1) is 8.81. The van der Waals surface area contributed by atoms with Crippen LogP contribution in [-0.4, -0.2) is 35.1 Å².